The zero-order valence-corrected chi connectivity index (χ0v) is 11.6. The molecule has 0 fully saturated rings. The molecule has 0 amide bonds. The largest absolute Gasteiger partial charge is 0.299 e. The summed E-state index contributed by atoms with van der Waals surface area (Å²) in [7, 11) is 0. The van der Waals surface area contributed by atoms with Crippen molar-refractivity contribution in [3.05, 3.63) is 34.3 Å². The van der Waals surface area contributed by atoms with Crippen molar-refractivity contribution in [3.8, 4) is 0 Å². The zero-order valence-electron chi connectivity index (χ0n) is 10.0. The monoisotopic (exact) mass is 282 g/mol. The van der Waals surface area contributed by atoms with E-state index >= 15 is 0 Å². The van der Waals surface area contributed by atoms with Crippen molar-refractivity contribution >= 4 is 21.7 Å². The summed E-state index contributed by atoms with van der Waals surface area (Å²) >= 11 is 3.42. The summed E-state index contributed by atoms with van der Waals surface area (Å²) in [5.74, 6) is 0.909. The Morgan fingerprint density at radius 2 is 2.00 bits per heavy atom. The molecular formula is C14H19BrO. The van der Waals surface area contributed by atoms with Gasteiger partial charge in [0.15, 0.2) is 0 Å². The van der Waals surface area contributed by atoms with E-state index in [-0.39, 0.29) is 0 Å². The number of rotatable bonds is 6. The van der Waals surface area contributed by atoms with Crippen LogP contribution in [0.1, 0.15) is 38.7 Å². The lowest BCUT2D eigenvalue weighted by Gasteiger charge is -2.10. The molecule has 1 rings (SSSR count). The van der Waals surface area contributed by atoms with Gasteiger partial charge in [0.2, 0.25) is 0 Å². The van der Waals surface area contributed by atoms with Crippen molar-refractivity contribution < 1.29 is 4.79 Å². The standard InChI is InChI=1S/C14H19BrO/c1-3-11(4-2)9-14(16)10-12-6-5-7-13(15)8-12/h5-8,11H,3-4,9-10H2,1-2H3. The van der Waals surface area contributed by atoms with Crippen LogP contribution in [-0.2, 0) is 11.2 Å². The molecule has 2 heteroatoms. The Bertz CT molecular complexity index is 342. The van der Waals surface area contributed by atoms with Crippen LogP contribution < -0.4 is 0 Å². The van der Waals surface area contributed by atoms with Gasteiger partial charge in [0.1, 0.15) is 5.78 Å². The Kier molecular flexibility index (Phi) is 5.75. The Morgan fingerprint density at radius 3 is 2.56 bits per heavy atom. The molecule has 0 aliphatic heterocycles. The Morgan fingerprint density at radius 1 is 1.31 bits per heavy atom. The molecule has 0 saturated heterocycles. The fourth-order valence-electron chi connectivity index (χ4n) is 1.85. The van der Waals surface area contributed by atoms with Gasteiger partial charge in [-0.3, -0.25) is 4.79 Å². The van der Waals surface area contributed by atoms with Gasteiger partial charge in [0.25, 0.3) is 0 Å². The van der Waals surface area contributed by atoms with E-state index in [0.717, 1.165) is 29.3 Å². The molecular weight excluding hydrogens is 264 g/mol. The van der Waals surface area contributed by atoms with Crippen molar-refractivity contribution in [1.29, 1.82) is 0 Å². The first kappa shape index (κ1) is 13.4. The fraction of sp³-hybridized carbons (Fsp3) is 0.500. The van der Waals surface area contributed by atoms with Crippen molar-refractivity contribution in [2.45, 2.75) is 39.5 Å². The second-order valence-corrected chi connectivity index (χ2v) is 5.15. The number of carbonyl (C=O) groups is 1. The van der Waals surface area contributed by atoms with Crippen LogP contribution >= 0.6 is 15.9 Å². The van der Waals surface area contributed by atoms with E-state index < -0.39 is 0 Å². The van der Waals surface area contributed by atoms with E-state index in [1.54, 1.807) is 0 Å². The minimum absolute atomic E-state index is 0.354. The lowest BCUT2D eigenvalue weighted by atomic mass is 9.94. The quantitative estimate of drug-likeness (QED) is 0.756. The highest BCUT2D eigenvalue weighted by molar-refractivity contribution is 9.10. The summed E-state index contributed by atoms with van der Waals surface area (Å²) in [6, 6.07) is 7.99. The van der Waals surface area contributed by atoms with Crippen LogP contribution in [0.15, 0.2) is 28.7 Å². The predicted octanol–water partition coefficient (Wildman–Crippen LogP) is 4.39. The molecule has 0 spiro atoms. The zero-order chi connectivity index (χ0) is 12.0. The second kappa shape index (κ2) is 6.85. The van der Waals surface area contributed by atoms with E-state index in [9.17, 15) is 4.79 Å². The highest BCUT2D eigenvalue weighted by Crippen LogP contribution is 2.16. The maximum absolute atomic E-state index is 11.8. The molecule has 16 heavy (non-hydrogen) atoms. The van der Waals surface area contributed by atoms with Crippen molar-refractivity contribution in [3.63, 3.8) is 0 Å². The van der Waals surface area contributed by atoms with Crippen molar-refractivity contribution in [2.24, 2.45) is 5.92 Å². The third kappa shape index (κ3) is 4.48. The number of hydrogen-bond acceptors (Lipinski definition) is 1. The first-order chi connectivity index (χ1) is 7.65. The molecule has 1 aromatic carbocycles. The molecule has 0 N–H and O–H groups in total. The van der Waals surface area contributed by atoms with Crippen molar-refractivity contribution in [1.82, 2.24) is 0 Å². The van der Waals surface area contributed by atoms with Crippen LogP contribution in [0.4, 0.5) is 0 Å². The average Bonchev–Trinajstić information content (AvgIpc) is 2.26. The number of Topliss-reactive ketones (excluding diaryl/α,β-unsaturated/α-hetero) is 1. The minimum atomic E-state index is 0.354. The van der Waals surface area contributed by atoms with Gasteiger partial charge >= 0.3 is 0 Å². The summed E-state index contributed by atoms with van der Waals surface area (Å²) in [6.07, 6.45) is 3.48. The Labute approximate surface area is 106 Å². The molecule has 1 nitrogen and oxygen atoms in total. The van der Waals surface area contributed by atoms with Gasteiger partial charge in [-0.1, -0.05) is 54.8 Å². The van der Waals surface area contributed by atoms with Gasteiger partial charge in [-0.05, 0) is 23.6 Å². The van der Waals surface area contributed by atoms with Crippen LogP contribution in [0.25, 0.3) is 0 Å². The number of hydrogen-bond donors (Lipinski definition) is 0. The van der Waals surface area contributed by atoms with Gasteiger partial charge in [-0.2, -0.15) is 0 Å². The van der Waals surface area contributed by atoms with Crippen LogP contribution in [0, 0.1) is 5.92 Å². The molecule has 1 aromatic rings. The van der Waals surface area contributed by atoms with E-state index in [1.807, 2.05) is 24.3 Å². The molecule has 0 saturated carbocycles. The molecule has 0 atom stereocenters. The second-order valence-electron chi connectivity index (χ2n) is 4.23. The minimum Gasteiger partial charge on any atom is -0.299 e. The molecule has 0 bridgehead atoms. The maximum Gasteiger partial charge on any atom is 0.137 e. The summed E-state index contributed by atoms with van der Waals surface area (Å²) in [4.78, 5) is 11.8. The van der Waals surface area contributed by atoms with Gasteiger partial charge in [0, 0.05) is 17.3 Å². The van der Waals surface area contributed by atoms with Crippen LogP contribution in [0.5, 0.6) is 0 Å². The molecule has 88 valence electrons. The lowest BCUT2D eigenvalue weighted by molar-refractivity contribution is -0.119. The summed E-state index contributed by atoms with van der Waals surface area (Å²) in [5.41, 5.74) is 1.10. The molecule has 0 aliphatic rings. The fourth-order valence-corrected chi connectivity index (χ4v) is 2.29. The normalized spacial score (nSPS) is 10.8. The lowest BCUT2D eigenvalue weighted by Crippen LogP contribution is -2.09. The highest BCUT2D eigenvalue weighted by atomic mass is 79.9. The van der Waals surface area contributed by atoms with Gasteiger partial charge < -0.3 is 0 Å². The number of ketones is 1. The first-order valence-corrected chi connectivity index (χ1v) is 6.71. The third-order valence-corrected chi connectivity index (χ3v) is 3.45. The first-order valence-electron chi connectivity index (χ1n) is 5.91. The molecule has 0 unspecified atom stereocenters. The summed E-state index contributed by atoms with van der Waals surface area (Å²) < 4.78 is 1.04. The predicted molar refractivity (Wildman–Crippen MR) is 71.5 cm³/mol. The average molecular weight is 283 g/mol. The van der Waals surface area contributed by atoms with Gasteiger partial charge in [-0.25, -0.2) is 0 Å². The van der Waals surface area contributed by atoms with Crippen LogP contribution in [0.2, 0.25) is 0 Å². The van der Waals surface area contributed by atoms with E-state index in [0.29, 0.717) is 18.1 Å². The van der Waals surface area contributed by atoms with E-state index in [4.69, 9.17) is 0 Å². The van der Waals surface area contributed by atoms with Crippen LogP contribution in [0.3, 0.4) is 0 Å². The molecule has 0 aliphatic carbocycles. The summed E-state index contributed by atoms with van der Waals surface area (Å²) in [5, 5.41) is 0. The van der Waals surface area contributed by atoms with Gasteiger partial charge in [0.05, 0.1) is 0 Å². The highest BCUT2D eigenvalue weighted by Gasteiger charge is 2.10. The Balaban J connectivity index is 2.51. The smallest absolute Gasteiger partial charge is 0.137 e. The molecule has 0 heterocycles. The van der Waals surface area contributed by atoms with Crippen LogP contribution in [-0.4, -0.2) is 5.78 Å². The van der Waals surface area contributed by atoms with E-state index in [1.165, 1.54) is 0 Å². The van der Waals surface area contributed by atoms with Gasteiger partial charge in [-0.15, -0.1) is 0 Å². The topological polar surface area (TPSA) is 17.1 Å². The number of halogens is 1. The maximum atomic E-state index is 11.8. The SMILES string of the molecule is CCC(CC)CC(=O)Cc1cccc(Br)c1. The van der Waals surface area contributed by atoms with Crippen molar-refractivity contribution in [2.75, 3.05) is 0 Å². The molecule has 0 radical (unpaired) electrons. The third-order valence-electron chi connectivity index (χ3n) is 2.96. The number of carbonyl (C=O) groups excluding carboxylic acids is 1. The number of benzene rings is 1. The molecule has 0 aromatic heterocycles. The summed E-state index contributed by atoms with van der Waals surface area (Å²) in [6.45, 7) is 4.31. The van der Waals surface area contributed by atoms with E-state index in [2.05, 4.69) is 29.8 Å². The Hall–Kier alpha value is -0.630.